The lowest BCUT2D eigenvalue weighted by atomic mass is 9.99. The second-order valence-electron chi connectivity index (χ2n) is 5.30. The van der Waals surface area contributed by atoms with Crippen LogP contribution in [0, 0.1) is 0 Å². The number of benzene rings is 1. The smallest absolute Gasteiger partial charge is 0.169 e. The maximum Gasteiger partial charge on any atom is 0.169 e. The number of hydrogen-bond acceptors (Lipinski definition) is 3. The second kappa shape index (κ2) is 3.80. The van der Waals surface area contributed by atoms with Crippen LogP contribution in [0.3, 0.4) is 0 Å². The summed E-state index contributed by atoms with van der Waals surface area (Å²) in [7, 11) is 0. The molecule has 2 aromatic rings. The molecule has 3 heteroatoms. The lowest BCUT2D eigenvalue weighted by Gasteiger charge is -2.30. The number of allylic oxidation sites excluding steroid dienone is 1. The summed E-state index contributed by atoms with van der Waals surface area (Å²) in [5, 5.41) is 10.3. The predicted molar refractivity (Wildman–Crippen MR) is 70.3 cm³/mol. The summed E-state index contributed by atoms with van der Waals surface area (Å²) < 4.78 is 11.7. The molecule has 1 aliphatic rings. The summed E-state index contributed by atoms with van der Waals surface area (Å²) >= 11 is 0. The number of hydrogen-bond donors (Lipinski definition) is 1. The van der Waals surface area contributed by atoms with Gasteiger partial charge in [0.05, 0.1) is 0 Å². The van der Waals surface area contributed by atoms with E-state index in [0.29, 0.717) is 0 Å². The Morgan fingerprint density at radius 3 is 2.83 bits per heavy atom. The van der Waals surface area contributed by atoms with Gasteiger partial charge in [-0.15, -0.1) is 0 Å². The van der Waals surface area contributed by atoms with Gasteiger partial charge in [0.15, 0.2) is 11.5 Å². The van der Waals surface area contributed by atoms with Crippen molar-refractivity contribution in [1.82, 2.24) is 0 Å². The standard InChI is InChI=1S/C15H16O3/c1-15(2)7-3-4-13(18-15)14-9-10-8-11(16)5-6-12(10)17-14/h4-6,8-9,16H,3,7H2,1-2H3. The summed E-state index contributed by atoms with van der Waals surface area (Å²) in [6, 6.07) is 6.98. The van der Waals surface area contributed by atoms with Gasteiger partial charge < -0.3 is 14.3 Å². The van der Waals surface area contributed by atoms with Crippen LogP contribution in [-0.4, -0.2) is 10.7 Å². The lowest BCUT2D eigenvalue weighted by Crippen LogP contribution is -2.25. The molecular formula is C15H16O3. The van der Waals surface area contributed by atoms with Crippen molar-refractivity contribution in [3.8, 4) is 5.75 Å². The van der Waals surface area contributed by atoms with E-state index in [1.54, 1.807) is 18.2 Å². The van der Waals surface area contributed by atoms with Crippen molar-refractivity contribution in [1.29, 1.82) is 0 Å². The maximum atomic E-state index is 9.45. The molecule has 0 amide bonds. The van der Waals surface area contributed by atoms with Crippen molar-refractivity contribution in [2.45, 2.75) is 32.3 Å². The van der Waals surface area contributed by atoms with Crippen molar-refractivity contribution in [3.05, 3.63) is 36.1 Å². The Morgan fingerprint density at radius 2 is 2.06 bits per heavy atom. The summed E-state index contributed by atoms with van der Waals surface area (Å²) in [6.45, 7) is 4.16. The van der Waals surface area contributed by atoms with Crippen LogP contribution in [0.25, 0.3) is 16.7 Å². The number of phenols is 1. The van der Waals surface area contributed by atoms with E-state index in [2.05, 4.69) is 19.9 Å². The maximum absolute atomic E-state index is 9.45. The van der Waals surface area contributed by atoms with Gasteiger partial charge in [-0.2, -0.15) is 0 Å². The molecule has 1 aromatic heterocycles. The highest BCUT2D eigenvalue weighted by molar-refractivity contribution is 5.82. The largest absolute Gasteiger partial charge is 0.508 e. The Balaban J connectivity index is 2.02. The van der Waals surface area contributed by atoms with Gasteiger partial charge in [-0.05, 0) is 57.0 Å². The number of ether oxygens (including phenoxy) is 1. The van der Waals surface area contributed by atoms with Crippen LogP contribution in [-0.2, 0) is 4.74 Å². The van der Waals surface area contributed by atoms with Crippen LogP contribution < -0.4 is 0 Å². The fraction of sp³-hybridized carbons (Fsp3) is 0.333. The Labute approximate surface area is 106 Å². The predicted octanol–water partition coefficient (Wildman–Crippen LogP) is 4.07. The molecule has 94 valence electrons. The van der Waals surface area contributed by atoms with Gasteiger partial charge >= 0.3 is 0 Å². The van der Waals surface area contributed by atoms with Crippen LogP contribution in [0.15, 0.2) is 34.8 Å². The molecule has 3 rings (SSSR count). The molecule has 2 heterocycles. The minimum Gasteiger partial charge on any atom is -0.508 e. The molecule has 0 spiro atoms. The van der Waals surface area contributed by atoms with E-state index in [0.717, 1.165) is 35.3 Å². The van der Waals surface area contributed by atoms with Gasteiger partial charge in [0.1, 0.15) is 16.9 Å². The molecule has 0 atom stereocenters. The normalized spacial score (nSPS) is 18.4. The van der Waals surface area contributed by atoms with Gasteiger partial charge in [-0.3, -0.25) is 0 Å². The van der Waals surface area contributed by atoms with Crippen LogP contribution in [0.4, 0.5) is 0 Å². The molecule has 3 nitrogen and oxygen atoms in total. The number of fused-ring (bicyclic) bond motifs is 1. The van der Waals surface area contributed by atoms with E-state index < -0.39 is 0 Å². The van der Waals surface area contributed by atoms with Gasteiger partial charge in [-0.1, -0.05) is 0 Å². The first-order valence-corrected chi connectivity index (χ1v) is 6.16. The minimum atomic E-state index is -0.148. The van der Waals surface area contributed by atoms with Crippen molar-refractivity contribution >= 4 is 16.7 Å². The summed E-state index contributed by atoms with van der Waals surface area (Å²) in [4.78, 5) is 0. The van der Waals surface area contributed by atoms with E-state index in [4.69, 9.17) is 9.15 Å². The van der Waals surface area contributed by atoms with E-state index in [9.17, 15) is 5.11 Å². The van der Waals surface area contributed by atoms with Gasteiger partial charge in [0.25, 0.3) is 0 Å². The van der Waals surface area contributed by atoms with Crippen molar-refractivity contribution < 1.29 is 14.3 Å². The molecule has 18 heavy (non-hydrogen) atoms. The average molecular weight is 244 g/mol. The zero-order valence-electron chi connectivity index (χ0n) is 10.6. The molecular weight excluding hydrogens is 228 g/mol. The van der Waals surface area contributed by atoms with Crippen LogP contribution >= 0.6 is 0 Å². The molecule has 0 saturated heterocycles. The quantitative estimate of drug-likeness (QED) is 0.822. The third-order valence-corrected chi connectivity index (χ3v) is 3.21. The fourth-order valence-electron chi connectivity index (χ4n) is 2.24. The number of phenolic OH excluding ortho intramolecular Hbond substituents is 1. The van der Waals surface area contributed by atoms with Crippen molar-refractivity contribution in [2.24, 2.45) is 0 Å². The SMILES string of the molecule is CC1(C)CCC=C(c2cc3cc(O)ccc3o2)O1. The van der Waals surface area contributed by atoms with E-state index in [-0.39, 0.29) is 11.4 Å². The number of furan rings is 1. The summed E-state index contributed by atoms with van der Waals surface area (Å²) in [5.74, 6) is 1.76. The zero-order valence-corrected chi connectivity index (χ0v) is 10.6. The van der Waals surface area contributed by atoms with Gasteiger partial charge in [0, 0.05) is 5.39 Å². The van der Waals surface area contributed by atoms with Crippen LogP contribution in [0.1, 0.15) is 32.4 Å². The Kier molecular flexibility index (Phi) is 2.37. The number of aromatic hydroxyl groups is 1. The van der Waals surface area contributed by atoms with Gasteiger partial charge in [0.2, 0.25) is 0 Å². The van der Waals surface area contributed by atoms with E-state index >= 15 is 0 Å². The molecule has 0 bridgehead atoms. The van der Waals surface area contributed by atoms with Crippen molar-refractivity contribution in [2.75, 3.05) is 0 Å². The first kappa shape index (κ1) is 11.2. The Morgan fingerprint density at radius 1 is 1.22 bits per heavy atom. The highest BCUT2D eigenvalue weighted by Gasteiger charge is 2.26. The van der Waals surface area contributed by atoms with E-state index in [1.807, 2.05) is 6.07 Å². The second-order valence-corrected chi connectivity index (χ2v) is 5.30. The van der Waals surface area contributed by atoms with E-state index in [1.165, 1.54) is 0 Å². The first-order valence-electron chi connectivity index (χ1n) is 6.16. The Hall–Kier alpha value is -1.90. The topological polar surface area (TPSA) is 42.6 Å². The average Bonchev–Trinajstić information content (AvgIpc) is 2.70. The molecule has 0 saturated carbocycles. The monoisotopic (exact) mass is 244 g/mol. The minimum absolute atomic E-state index is 0.148. The summed E-state index contributed by atoms with van der Waals surface area (Å²) in [6.07, 6.45) is 4.06. The molecule has 0 radical (unpaired) electrons. The zero-order chi connectivity index (χ0) is 12.8. The molecule has 1 aliphatic heterocycles. The summed E-state index contributed by atoms with van der Waals surface area (Å²) in [5.41, 5.74) is 0.612. The lowest BCUT2D eigenvalue weighted by molar-refractivity contribution is 0.0566. The Bertz CT molecular complexity index is 620. The first-order chi connectivity index (χ1) is 8.53. The van der Waals surface area contributed by atoms with Crippen molar-refractivity contribution in [3.63, 3.8) is 0 Å². The fourth-order valence-corrected chi connectivity index (χ4v) is 2.24. The molecule has 0 unspecified atom stereocenters. The molecule has 1 aromatic carbocycles. The van der Waals surface area contributed by atoms with Crippen LogP contribution in [0.5, 0.6) is 5.75 Å². The molecule has 0 aliphatic carbocycles. The molecule has 0 fully saturated rings. The third-order valence-electron chi connectivity index (χ3n) is 3.21. The number of rotatable bonds is 1. The third kappa shape index (κ3) is 1.96. The highest BCUT2D eigenvalue weighted by Crippen LogP contribution is 2.34. The van der Waals surface area contributed by atoms with Crippen LogP contribution in [0.2, 0.25) is 0 Å². The van der Waals surface area contributed by atoms with Gasteiger partial charge in [-0.25, -0.2) is 0 Å². The highest BCUT2D eigenvalue weighted by atomic mass is 16.5. The molecule has 1 N–H and O–H groups in total.